The molecule has 0 aliphatic rings. The van der Waals surface area contributed by atoms with E-state index in [1.54, 1.807) is 0 Å². The van der Waals surface area contributed by atoms with Crippen LogP contribution in [0.2, 0.25) is 0 Å². The summed E-state index contributed by atoms with van der Waals surface area (Å²) < 4.78 is 25.9. The van der Waals surface area contributed by atoms with E-state index in [2.05, 4.69) is 21.3 Å². The van der Waals surface area contributed by atoms with Gasteiger partial charge in [0, 0.05) is 52.6 Å². The molecule has 0 fully saturated rings. The van der Waals surface area contributed by atoms with E-state index < -0.39 is 48.8 Å². The molecule has 0 aliphatic carbocycles. The van der Waals surface area contributed by atoms with Crippen molar-refractivity contribution >= 4 is 58.6 Å². The van der Waals surface area contributed by atoms with Crippen molar-refractivity contribution in [2.24, 2.45) is 5.73 Å². The molecule has 0 aliphatic heterocycles. The number of ether oxygens (including phenoxy) is 5. The third-order valence-electron chi connectivity index (χ3n) is 8.50. The summed E-state index contributed by atoms with van der Waals surface area (Å²) in [5, 5.41) is 10.3. The maximum atomic E-state index is 12.3. The molecular formula is C40H67N5O15. The summed E-state index contributed by atoms with van der Waals surface area (Å²) in [5.74, 6) is -3.74. The molecule has 342 valence electrons. The van der Waals surface area contributed by atoms with Gasteiger partial charge in [-0.3, -0.25) is 47.9 Å². The van der Waals surface area contributed by atoms with Crippen molar-refractivity contribution < 1.29 is 71.6 Å². The number of nitrogens with one attached hydrogen (secondary N) is 4. The molecule has 60 heavy (non-hydrogen) atoms. The summed E-state index contributed by atoms with van der Waals surface area (Å²) in [5.41, 5.74) is 5.40. The van der Waals surface area contributed by atoms with Gasteiger partial charge in [-0.2, -0.15) is 0 Å². The first-order valence-corrected chi connectivity index (χ1v) is 20.5. The quantitative estimate of drug-likeness (QED) is 0.0310. The van der Waals surface area contributed by atoms with Crippen LogP contribution in [-0.4, -0.2) is 143 Å². The van der Waals surface area contributed by atoms with Crippen LogP contribution in [0.4, 0.5) is 0 Å². The minimum absolute atomic E-state index is 0.0200. The fraction of sp³-hybridized carbons (Fsp3) is 0.750. The first-order chi connectivity index (χ1) is 28.6. The van der Waals surface area contributed by atoms with Crippen molar-refractivity contribution in [1.82, 2.24) is 21.3 Å². The van der Waals surface area contributed by atoms with E-state index in [1.807, 2.05) is 0 Å². The highest BCUT2D eigenvalue weighted by Crippen LogP contribution is 2.11. The van der Waals surface area contributed by atoms with E-state index in [0.717, 1.165) is 0 Å². The summed E-state index contributed by atoms with van der Waals surface area (Å²) in [7, 11) is 0. The smallest absolute Gasteiger partial charge is 0.313 e. The van der Waals surface area contributed by atoms with Gasteiger partial charge in [-0.25, -0.2) is 0 Å². The molecule has 0 saturated heterocycles. The van der Waals surface area contributed by atoms with Crippen LogP contribution < -0.4 is 27.0 Å². The molecule has 2 unspecified atom stereocenters. The van der Waals surface area contributed by atoms with Gasteiger partial charge >= 0.3 is 5.97 Å². The lowest BCUT2D eigenvalue weighted by Gasteiger charge is -2.16. The summed E-state index contributed by atoms with van der Waals surface area (Å²) in [4.78, 5) is 118. The number of nitrogens with two attached hydrogens (primary N) is 1. The number of carbonyl (C=O) groups excluding carboxylic acids is 10. The Balaban J connectivity index is 4.00. The number of primary amides is 1. The number of rotatable bonds is 40. The van der Waals surface area contributed by atoms with Crippen LogP contribution in [0.5, 0.6) is 0 Å². The fourth-order valence-corrected chi connectivity index (χ4v) is 5.34. The minimum atomic E-state index is -0.914. The summed E-state index contributed by atoms with van der Waals surface area (Å²) in [6, 6.07) is -1.57. The second kappa shape index (κ2) is 36.2. The Morgan fingerprint density at radius 3 is 1.43 bits per heavy atom. The van der Waals surface area contributed by atoms with Crippen LogP contribution in [0, 0.1) is 0 Å². The molecule has 0 radical (unpaired) electrons. The van der Waals surface area contributed by atoms with Crippen LogP contribution in [-0.2, 0) is 71.6 Å². The zero-order valence-corrected chi connectivity index (χ0v) is 35.5. The lowest BCUT2D eigenvalue weighted by atomic mass is 10.0. The third kappa shape index (κ3) is 35.3. The van der Waals surface area contributed by atoms with E-state index in [9.17, 15) is 47.9 Å². The van der Waals surface area contributed by atoms with E-state index in [-0.39, 0.29) is 100 Å². The third-order valence-corrected chi connectivity index (χ3v) is 8.50. The van der Waals surface area contributed by atoms with Gasteiger partial charge in [0.15, 0.2) is 11.6 Å². The van der Waals surface area contributed by atoms with Crippen LogP contribution in [0.15, 0.2) is 0 Å². The molecule has 0 bridgehead atoms. The van der Waals surface area contributed by atoms with Crippen molar-refractivity contribution in [3.8, 4) is 0 Å². The number of Topliss-reactive ketones (excluding diaryl/α,β-unsaturated/α-hetero) is 4. The zero-order valence-electron chi connectivity index (χ0n) is 35.5. The van der Waals surface area contributed by atoms with Crippen molar-refractivity contribution in [3.63, 3.8) is 0 Å². The van der Waals surface area contributed by atoms with E-state index >= 15 is 0 Å². The predicted molar refractivity (Wildman–Crippen MR) is 215 cm³/mol. The van der Waals surface area contributed by atoms with E-state index in [1.165, 1.54) is 20.8 Å². The SMILES string of the molecule is CC(=O)NCCOCCOCC(=O)NC(CCCCCC(=O)CCCC(=O)COC(=O)CC(=O)CCCCCC(NC(=O)COCCOCCNC(C)=O)C(N)=O)C(C)=O. The lowest BCUT2D eigenvalue weighted by molar-refractivity contribution is -0.150. The van der Waals surface area contributed by atoms with Gasteiger partial charge < -0.3 is 50.7 Å². The molecule has 0 aromatic carbocycles. The zero-order chi connectivity index (χ0) is 45.0. The highest BCUT2D eigenvalue weighted by atomic mass is 16.5. The Hall–Kier alpha value is -4.66. The Morgan fingerprint density at radius 2 is 0.933 bits per heavy atom. The number of carbonyl (C=O) groups is 10. The first-order valence-electron chi connectivity index (χ1n) is 20.5. The number of amides is 5. The Labute approximate surface area is 352 Å². The van der Waals surface area contributed by atoms with Gasteiger partial charge in [0.1, 0.15) is 43.8 Å². The highest BCUT2D eigenvalue weighted by Gasteiger charge is 2.19. The highest BCUT2D eigenvalue weighted by molar-refractivity contribution is 5.96. The standard InChI is InChI=1S/C40H67N5O15/c1-29(46)35(44-37(52)27-58-23-21-56-19-17-42-30(2)47)15-8-4-6-11-32(49)13-10-14-34(51)26-60-39(54)25-33(50)12-7-5-9-16-36(40(41)55)45-38(53)28-59-24-22-57-20-18-43-31(3)48/h35-36H,4-28H2,1-3H3,(H2,41,55)(H,42,47)(H,43,48)(H,44,52)(H,45,53). The van der Waals surface area contributed by atoms with Crippen LogP contribution in [0.3, 0.4) is 0 Å². The van der Waals surface area contributed by atoms with Crippen LogP contribution >= 0.6 is 0 Å². The molecule has 2 atom stereocenters. The molecule has 6 N–H and O–H groups in total. The number of hydrogen-bond acceptors (Lipinski definition) is 15. The Bertz CT molecular complexity index is 1360. The average molecular weight is 858 g/mol. The summed E-state index contributed by atoms with van der Waals surface area (Å²) in [6.45, 7) is 5.33. The molecule has 0 heterocycles. The minimum Gasteiger partial charge on any atom is -0.457 e. The van der Waals surface area contributed by atoms with Crippen molar-refractivity contribution in [2.75, 3.05) is 72.6 Å². The van der Waals surface area contributed by atoms with Gasteiger partial charge in [0.2, 0.25) is 29.5 Å². The lowest BCUT2D eigenvalue weighted by Crippen LogP contribution is -2.45. The van der Waals surface area contributed by atoms with Crippen molar-refractivity contribution in [2.45, 2.75) is 123 Å². The summed E-state index contributed by atoms with van der Waals surface area (Å²) in [6.07, 6.45) is 4.42. The molecule has 0 spiro atoms. The molecule has 20 heteroatoms. The fourth-order valence-electron chi connectivity index (χ4n) is 5.34. The first kappa shape index (κ1) is 55.3. The molecule has 20 nitrogen and oxygen atoms in total. The van der Waals surface area contributed by atoms with Crippen molar-refractivity contribution in [3.05, 3.63) is 0 Å². The van der Waals surface area contributed by atoms with Gasteiger partial charge in [0.25, 0.3) is 0 Å². The van der Waals surface area contributed by atoms with Gasteiger partial charge in [-0.05, 0) is 39.0 Å². The largest absolute Gasteiger partial charge is 0.457 e. The van der Waals surface area contributed by atoms with Crippen LogP contribution in [0.25, 0.3) is 0 Å². The number of esters is 1. The molecule has 0 aromatic heterocycles. The second-order valence-corrected chi connectivity index (χ2v) is 14.1. The van der Waals surface area contributed by atoms with Crippen molar-refractivity contribution in [1.29, 1.82) is 0 Å². The van der Waals surface area contributed by atoms with E-state index in [0.29, 0.717) is 84.1 Å². The van der Waals surface area contributed by atoms with Gasteiger partial charge in [-0.1, -0.05) is 25.7 Å². The number of ketones is 4. The van der Waals surface area contributed by atoms with Gasteiger partial charge in [-0.15, -0.1) is 0 Å². The Morgan fingerprint density at radius 1 is 0.483 bits per heavy atom. The normalized spacial score (nSPS) is 11.8. The maximum absolute atomic E-state index is 12.3. The molecule has 0 rings (SSSR count). The topological polar surface area (TPSA) is 291 Å². The molecule has 0 aromatic rings. The molecule has 0 saturated carbocycles. The number of hydrogen-bond donors (Lipinski definition) is 5. The molecular weight excluding hydrogens is 790 g/mol. The summed E-state index contributed by atoms with van der Waals surface area (Å²) >= 11 is 0. The number of unbranched alkanes of at least 4 members (excludes halogenated alkanes) is 4. The predicted octanol–water partition coefficient (Wildman–Crippen LogP) is 0.0808. The van der Waals surface area contributed by atoms with Crippen LogP contribution in [0.1, 0.15) is 111 Å². The monoisotopic (exact) mass is 857 g/mol. The Kier molecular flexibility index (Phi) is 33.4. The van der Waals surface area contributed by atoms with Gasteiger partial charge in [0.05, 0.1) is 45.7 Å². The van der Waals surface area contributed by atoms with E-state index in [4.69, 9.17) is 29.4 Å². The maximum Gasteiger partial charge on any atom is 0.313 e. The average Bonchev–Trinajstić information content (AvgIpc) is 3.17. The molecule has 5 amide bonds. The second-order valence-electron chi connectivity index (χ2n) is 14.1.